The van der Waals surface area contributed by atoms with Crippen molar-refractivity contribution in [3.05, 3.63) is 34.6 Å². The summed E-state index contributed by atoms with van der Waals surface area (Å²) in [5.41, 5.74) is 2.38. The van der Waals surface area contributed by atoms with E-state index in [0.29, 0.717) is 6.42 Å². The summed E-state index contributed by atoms with van der Waals surface area (Å²) in [5.74, 6) is 2.58. The van der Waals surface area contributed by atoms with Gasteiger partial charge in [0.2, 0.25) is 5.91 Å². The maximum atomic E-state index is 12.2. The van der Waals surface area contributed by atoms with Crippen molar-refractivity contribution in [2.45, 2.75) is 26.2 Å². The predicted molar refractivity (Wildman–Crippen MR) is 104 cm³/mol. The molecule has 1 saturated heterocycles. The fourth-order valence-corrected chi connectivity index (χ4v) is 3.94. The van der Waals surface area contributed by atoms with E-state index in [4.69, 9.17) is 11.6 Å². The third-order valence-electron chi connectivity index (χ3n) is 4.24. The van der Waals surface area contributed by atoms with Gasteiger partial charge in [-0.2, -0.15) is 0 Å². The maximum Gasteiger partial charge on any atom is 0.228 e. The van der Waals surface area contributed by atoms with Crippen molar-refractivity contribution < 1.29 is 10.0 Å². The summed E-state index contributed by atoms with van der Waals surface area (Å²) in [4.78, 5) is 15.7. The van der Waals surface area contributed by atoms with Gasteiger partial charge in [0.05, 0.1) is 5.69 Å². The molecule has 0 unspecified atom stereocenters. The second kappa shape index (κ2) is 9.09. The van der Waals surface area contributed by atoms with Crippen LogP contribution in [0.2, 0.25) is 0 Å². The Hall–Kier alpha value is -2.52. The van der Waals surface area contributed by atoms with Crippen LogP contribution in [0.1, 0.15) is 30.2 Å². The zero-order chi connectivity index (χ0) is 18.2. The molecule has 1 aromatic heterocycles. The van der Waals surface area contributed by atoms with Crippen LogP contribution in [0.5, 0.6) is 0 Å². The van der Waals surface area contributed by atoms with Gasteiger partial charge in [-0.3, -0.25) is 4.79 Å². The molecule has 2 rings (SSSR count). The first kappa shape index (κ1) is 18.8. The Balaban J connectivity index is 2.04. The summed E-state index contributed by atoms with van der Waals surface area (Å²) in [6, 6.07) is 0. The Bertz CT molecular complexity index is 720. The molecule has 0 bridgehead atoms. The Morgan fingerprint density at radius 3 is 2.88 bits per heavy atom. The largest absolute Gasteiger partial charge is 0.409 e. The Morgan fingerprint density at radius 2 is 2.32 bits per heavy atom. The Kier molecular flexibility index (Phi) is 6.84. The van der Waals surface area contributed by atoms with E-state index in [9.17, 15) is 4.79 Å². The average Bonchev–Trinajstić information content (AvgIpc) is 3.03. The highest BCUT2D eigenvalue weighted by molar-refractivity contribution is 7.10. The van der Waals surface area contributed by atoms with E-state index < -0.39 is 0 Å². The summed E-state index contributed by atoms with van der Waals surface area (Å²) in [7, 11) is 0. The van der Waals surface area contributed by atoms with Gasteiger partial charge in [0.25, 0.3) is 0 Å². The SMILES string of the molecule is C#CCc1scc(N2CCC(C(=O)N/C(C=C)=N/O)CC2)c1/C=C\C. The molecule has 2 heterocycles. The standard InChI is InChI=1S/C19H23N3O2S/c1-4-7-15-16(13-25-17(15)8-5-2)22-11-9-14(10-12-22)19(23)20-18(6-3)21-24/h2,4,6-7,13-14,24H,3,8-12H2,1H3,(H,20,21,23)/b7-4-. The van der Waals surface area contributed by atoms with Gasteiger partial charge in [0, 0.05) is 41.2 Å². The summed E-state index contributed by atoms with van der Waals surface area (Å²) in [6.45, 7) is 7.09. The minimum absolute atomic E-state index is 0.0829. The summed E-state index contributed by atoms with van der Waals surface area (Å²) in [6.07, 6.45) is 13.0. The number of carbonyl (C=O) groups excluding carboxylic acids is 1. The van der Waals surface area contributed by atoms with E-state index >= 15 is 0 Å². The molecule has 6 heteroatoms. The molecule has 0 aromatic carbocycles. The highest BCUT2D eigenvalue weighted by Crippen LogP contribution is 2.34. The second-order valence-corrected chi connectivity index (χ2v) is 6.74. The van der Waals surface area contributed by atoms with Crippen LogP contribution in [0.3, 0.4) is 0 Å². The lowest BCUT2D eigenvalue weighted by Gasteiger charge is -2.33. The normalized spacial score (nSPS) is 16.0. The molecule has 1 aliphatic rings. The number of nitrogens with zero attached hydrogens (tertiary/aromatic N) is 2. The first-order valence-electron chi connectivity index (χ1n) is 8.21. The van der Waals surface area contributed by atoms with E-state index in [1.165, 1.54) is 22.2 Å². The molecule has 0 spiro atoms. The molecule has 1 fully saturated rings. The highest BCUT2D eigenvalue weighted by atomic mass is 32.1. The van der Waals surface area contributed by atoms with Crippen molar-refractivity contribution in [2.75, 3.05) is 18.0 Å². The molecule has 1 aromatic rings. The van der Waals surface area contributed by atoms with Crippen LogP contribution >= 0.6 is 11.3 Å². The zero-order valence-corrected chi connectivity index (χ0v) is 15.2. The molecule has 25 heavy (non-hydrogen) atoms. The van der Waals surface area contributed by atoms with Crippen molar-refractivity contribution in [3.63, 3.8) is 0 Å². The molecule has 132 valence electrons. The molecular formula is C19H23N3O2S. The van der Waals surface area contributed by atoms with Crippen LogP contribution < -0.4 is 10.2 Å². The van der Waals surface area contributed by atoms with Crippen LogP contribution in [-0.4, -0.2) is 30.0 Å². The van der Waals surface area contributed by atoms with Gasteiger partial charge in [0.15, 0.2) is 5.84 Å². The Morgan fingerprint density at radius 1 is 1.60 bits per heavy atom. The van der Waals surface area contributed by atoms with Crippen molar-refractivity contribution in [1.29, 1.82) is 0 Å². The minimum Gasteiger partial charge on any atom is -0.409 e. The fraction of sp³-hybridized carbons (Fsp3) is 0.368. The third-order valence-corrected chi connectivity index (χ3v) is 5.23. The number of carbonyl (C=O) groups is 1. The van der Waals surface area contributed by atoms with E-state index in [-0.39, 0.29) is 17.7 Å². The predicted octanol–water partition coefficient (Wildman–Crippen LogP) is 3.26. The first-order chi connectivity index (χ1) is 12.1. The number of amides is 1. The third kappa shape index (κ3) is 4.52. The number of hydrogen-bond acceptors (Lipinski definition) is 5. The van der Waals surface area contributed by atoms with E-state index in [1.54, 1.807) is 11.3 Å². The summed E-state index contributed by atoms with van der Waals surface area (Å²) in [5, 5.41) is 16.5. The second-order valence-electron chi connectivity index (χ2n) is 5.78. The van der Waals surface area contributed by atoms with Crippen molar-refractivity contribution in [1.82, 2.24) is 5.32 Å². The zero-order valence-electron chi connectivity index (χ0n) is 14.4. The maximum absolute atomic E-state index is 12.2. The van der Waals surface area contributed by atoms with Crippen LogP contribution in [0.25, 0.3) is 6.08 Å². The van der Waals surface area contributed by atoms with Crippen LogP contribution in [-0.2, 0) is 11.2 Å². The molecule has 0 aliphatic carbocycles. The van der Waals surface area contributed by atoms with Crippen molar-refractivity contribution in [2.24, 2.45) is 11.1 Å². The van der Waals surface area contributed by atoms with Gasteiger partial charge in [0.1, 0.15) is 0 Å². The van der Waals surface area contributed by atoms with E-state index in [1.807, 2.05) is 13.0 Å². The van der Waals surface area contributed by atoms with Gasteiger partial charge < -0.3 is 15.4 Å². The van der Waals surface area contributed by atoms with Crippen LogP contribution in [0.4, 0.5) is 5.69 Å². The number of rotatable bonds is 5. The molecule has 0 atom stereocenters. The van der Waals surface area contributed by atoms with Crippen LogP contribution in [0, 0.1) is 18.3 Å². The fourth-order valence-electron chi connectivity index (χ4n) is 2.94. The molecule has 2 N–H and O–H groups in total. The number of amidine groups is 1. The van der Waals surface area contributed by atoms with Crippen molar-refractivity contribution >= 4 is 34.8 Å². The number of oxime groups is 1. The molecule has 1 amide bonds. The number of piperidine rings is 1. The van der Waals surface area contributed by atoms with Gasteiger partial charge in [-0.25, -0.2) is 0 Å². The number of anilines is 1. The average molecular weight is 357 g/mol. The quantitative estimate of drug-likeness (QED) is 0.279. The lowest BCUT2D eigenvalue weighted by molar-refractivity contribution is -0.124. The number of terminal acetylenes is 1. The van der Waals surface area contributed by atoms with Gasteiger partial charge >= 0.3 is 0 Å². The molecule has 1 aliphatic heterocycles. The lowest BCUT2D eigenvalue weighted by atomic mass is 9.95. The first-order valence-corrected chi connectivity index (χ1v) is 9.09. The number of thiophene rings is 1. The number of allylic oxidation sites excluding steroid dienone is 1. The van der Waals surface area contributed by atoms with Crippen molar-refractivity contribution in [3.8, 4) is 12.3 Å². The molecule has 0 radical (unpaired) electrons. The Labute approximate surface area is 152 Å². The van der Waals surface area contributed by atoms with Gasteiger partial charge in [-0.15, -0.1) is 23.7 Å². The topological polar surface area (TPSA) is 64.9 Å². The van der Waals surface area contributed by atoms with Gasteiger partial charge in [-0.1, -0.05) is 23.9 Å². The molecule has 0 saturated carbocycles. The van der Waals surface area contributed by atoms with E-state index in [2.05, 4.69) is 39.3 Å². The summed E-state index contributed by atoms with van der Waals surface area (Å²) < 4.78 is 0. The number of nitrogens with one attached hydrogen (secondary N) is 1. The highest BCUT2D eigenvalue weighted by Gasteiger charge is 2.27. The minimum atomic E-state index is -0.126. The van der Waals surface area contributed by atoms with Gasteiger partial charge in [-0.05, 0) is 25.8 Å². The number of hydrogen-bond donors (Lipinski definition) is 2. The van der Waals surface area contributed by atoms with E-state index in [0.717, 1.165) is 25.9 Å². The summed E-state index contributed by atoms with van der Waals surface area (Å²) >= 11 is 1.69. The molecule has 5 nitrogen and oxygen atoms in total. The van der Waals surface area contributed by atoms with Crippen LogP contribution in [0.15, 0.2) is 29.3 Å². The smallest absolute Gasteiger partial charge is 0.228 e. The molecular weight excluding hydrogens is 334 g/mol. The lowest BCUT2D eigenvalue weighted by Crippen LogP contribution is -2.42. The monoisotopic (exact) mass is 357 g/mol.